The Morgan fingerprint density at radius 3 is 2.16 bits per heavy atom. The monoisotopic (exact) mass is 977 g/mol. The van der Waals surface area contributed by atoms with Gasteiger partial charge in [0.2, 0.25) is 0 Å². The number of ether oxygens (including phenoxy) is 1. The predicted molar refractivity (Wildman–Crippen MR) is 245 cm³/mol. The van der Waals surface area contributed by atoms with E-state index in [1.165, 1.54) is 55.7 Å². The molecular formula is C55H50N4OPt-2. The van der Waals surface area contributed by atoms with Crippen molar-refractivity contribution in [3.05, 3.63) is 182 Å². The Bertz CT molecular complexity index is 3230. The Morgan fingerprint density at radius 1 is 0.705 bits per heavy atom. The van der Waals surface area contributed by atoms with E-state index in [0.29, 0.717) is 17.4 Å². The van der Waals surface area contributed by atoms with Crippen LogP contribution in [-0.4, -0.2) is 18.5 Å². The average molecular weight is 978 g/mol. The van der Waals surface area contributed by atoms with Gasteiger partial charge in [-0.1, -0.05) is 71.0 Å². The first-order valence-electron chi connectivity index (χ1n) is 21.5. The first kappa shape index (κ1) is 39.4. The second-order valence-corrected chi connectivity index (χ2v) is 19.0. The van der Waals surface area contributed by atoms with Gasteiger partial charge < -0.3 is 0 Å². The number of benzene rings is 5. The van der Waals surface area contributed by atoms with Gasteiger partial charge in [0.15, 0.2) is 0 Å². The van der Waals surface area contributed by atoms with Gasteiger partial charge in [0.1, 0.15) is 0 Å². The van der Waals surface area contributed by atoms with Gasteiger partial charge in [-0.2, -0.15) is 0 Å². The summed E-state index contributed by atoms with van der Waals surface area (Å²) in [5.41, 5.74) is 17.6. The summed E-state index contributed by atoms with van der Waals surface area (Å²) in [6.45, 7) is 15.9. The zero-order valence-electron chi connectivity index (χ0n) is 36.0. The second kappa shape index (κ2) is 15.3. The molecule has 0 spiro atoms. The van der Waals surface area contributed by atoms with E-state index >= 15 is 0 Å². The van der Waals surface area contributed by atoms with E-state index in [-0.39, 0.29) is 5.41 Å². The molecule has 2 aliphatic heterocycles. The predicted octanol–water partition coefficient (Wildman–Crippen LogP) is 13.3. The fraction of sp³-hybridized carbons (Fsp3) is 0.236. The van der Waals surface area contributed by atoms with Crippen molar-refractivity contribution in [1.82, 2.24) is 18.5 Å². The van der Waals surface area contributed by atoms with Crippen LogP contribution in [-0.2, 0) is 50.5 Å². The van der Waals surface area contributed by atoms with Gasteiger partial charge >= 0.3 is 261 Å². The van der Waals surface area contributed by atoms with Crippen molar-refractivity contribution in [3.63, 3.8) is 0 Å². The molecule has 6 heterocycles. The van der Waals surface area contributed by atoms with Crippen molar-refractivity contribution in [2.45, 2.75) is 85.5 Å². The third-order valence-electron chi connectivity index (χ3n) is 12.9. The number of para-hydroxylation sites is 1. The van der Waals surface area contributed by atoms with E-state index in [4.69, 9.17) is 9.72 Å². The molecule has 6 heteroatoms. The third kappa shape index (κ3) is 7.01. The molecule has 308 valence electrons. The summed E-state index contributed by atoms with van der Waals surface area (Å²) < 4.78 is 14.7. The Kier molecular flexibility index (Phi) is 9.87. The van der Waals surface area contributed by atoms with Crippen molar-refractivity contribution in [1.29, 1.82) is 0 Å². The Balaban J connectivity index is 1.01. The van der Waals surface area contributed by atoms with E-state index in [2.05, 4.69) is 197 Å². The Morgan fingerprint density at radius 2 is 1.41 bits per heavy atom. The van der Waals surface area contributed by atoms with Crippen molar-refractivity contribution < 1.29 is 24.1 Å². The molecule has 13 rings (SSSR count). The standard InChI is InChI=1S/C55H50N4O.Pt/c1-35(2)49-31-54(56-32-50(49)40-19-23-42(24-20-40)55(5,6)7)59-51-14-9-8-13-47(51)48-28-27-46(30-52(48)59)60-45-12-10-11-44(29-45)57-33-53-41-18-17-38-15-16-39(37(4)36(38)3)21-25-43(26-22-41)58(53)34-57;/h8-16,19-20,22-24,26-28,31-33,35H,17-18,21,25H2,1-7H3;/q-2;. The maximum absolute atomic E-state index is 6.65. The summed E-state index contributed by atoms with van der Waals surface area (Å²) in [6, 6.07) is 46.7. The fourth-order valence-corrected chi connectivity index (χ4v) is 10.2. The molecule has 0 radical (unpaired) electrons. The van der Waals surface area contributed by atoms with Gasteiger partial charge in [0.25, 0.3) is 0 Å². The number of pyridine rings is 2. The number of nitrogens with zero attached hydrogens (tertiary/aromatic N) is 4. The molecule has 0 saturated carbocycles. The minimum atomic E-state index is 0.0969. The van der Waals surface area contributed by atoms with E-state index in [1.807, 2.05) is 18.3 Å². The number of imidazole rings is 1. The zero-order valence-corrected chi connectivity index (χ0v) is 38.2. The van der Waals surface area contributed by atoms with Crippen LogP contribution >= 0.6 is 0 Å². The van der Waals surface area contributed by atoms with Crippen LogP contribution in [0.15, 0.2) is 122 Å². The molecule has 4 aromatic heterocycles. The molecule has 2 aliphatic carbocycles. The molecule has 0 amide bonds. The van der Waals surface area contributed by atoms with Crippen molar-refractivity contribution in [2.75, 3.05) is 0 Å². The molecule has 0 unspecified atom stereocenters. The van der Waals surface area contributed by atoms with Gasteiger partial charge in [-0.05, 0) is 28.0 Å². The average Bonchev–Trinajstić information content (AvgIpc) is 3.77. The molecule has 5 nitrogen and oxygen atoms in total. The molecule has 0 saturated heterocycles. The van der Waals surface area contributed by atoms with Crippen molar-refractivity contribution >= 4 is 27.3 Å². The number of hydrogen-bond donors (Lipinski definition) is 0. The van der Waals surface area contributed by atoms with Crippen LogP contribution in [0.25, 0.3) is 50.0 Å². The molecule has 0 fully saturated rings. The SMILES string of the molecule is Cc1c2ccc(c1C)CCc1ccc(c3cn(-c4[c-]c(Oc5[c-]c6c(cc5)c5ccccc5n6-c5cc(C(C)C)c(-c6ccc(C(C)(C)C)cc6)cn5)ccc4)[c](=[Pt])n13)CC2. The summed E-state index contributed by atoms with van der Waals surface area (Å²) in [4.78, 5) is 5.15. The van der Waals surface area contributed by atoms with E-state index in [1.54, 1.807) is 0 Å². The molecule has 5 aromatic carbocycles. The van der Waals surface area contributed by atoms with Crippen LogP contribution in [0.5, 0.6) is 11.5 Å². The molecule has 0 atom stereocenters. The number of rotatable bonds is 6. The molecule has 61 heavy (non-hydrogen) atoms. The second-order valence-electron chi connectivity index (χ2n) is 18.0. The van der Waals surface area contributed by atoms with Gasteiger partial charge in [-0.15, -0.1) is 0 Å². The van der Waals surface area contributed by atoms with Gasteiger partial charge in [-0.25, -0.2) is 0 Å². The quantitative estimate of drug-likeness (QED) is 0.156. The van der Waals surface area contributed by atoms with Gasteiger partial charge in [0.05, 0.1) is 0 Å². The summed E-state index contributed by atoms with van der Waals surface area (Å²) in [5.74, 6) is 2.41. The summed E-state index contributed by atoms with van der Waals surface area (Å²) >= 11 is 2.48. The van der Waals surface area contributed by atoms with Crippen LogP contribution in [0.2, 0.25) is 0 Å². The Hall–Kier alpha value is -5.77. The minimum absolute atomic E-state index is 0.0969. The van der Waals surface area contributed by atoms with Gasteiger partial charge in [-0.3, -0.25) is 0 Å². The number of aryl methyl sites for hydroxylation is 4. The molecule has 4 bridgehead atoms. The summed E-state index contributed by atoms with van der Waals surface area (Å²) in [6.07, 6.45) is 8.30. The third-order valence-corrected chi connectivity index (χ3v) is 13.9. The summed E-state index contributed by atoms with van der Waals surface area (Å²) in [5, 5.41) is 2.25. The van der Waals surface area contributed by atoms with Crippen molar-refractivity contribution in [2.24, 2.45) is 0 Å². The molecule has 4 aliphatic rings. The van der Waals surface area contributed by atoms with Crippen LogP contribution in [0.3, 0.4) is 0 Å². The van der Waals surface area contributed by atoms with E-state index < -0.39 is 0 Å². The molecule has 0 N–H and O–H groups in total. The van der Waals surface area contributed by atoms with E-state index in [0.717, 1.165) is 68.4 Å². The van der Waals surface area contributed by atoms with E-state index in [9.17, 15) is 0 Å². The first-order valence-corrected chi connectivity index (χ1v) is 22.6. The van der Waals surface area contributed by atoms with Crippen LogP contribution < -0.4 is 4.74 Å². The number of hydrogen-bond acceptors (Lipinski definition) is 2. The van der Waals surface area contributed by atoms with Crippen LogP contribution in [0.4, 0.5) is 0 Å². The van der Waals surface area contributed by atoms with Crippen molar-refractivity contribution in [3.8, 4) is 34.1 Å². The maximum atomic E-state index is 6.65. The topological polar surface area (TPSA) is 36.4 Å². The van der Waals surface area contributed by atoms with Crippen LogP contribution in [0.1, 0.15) is 85.2 Å². The molecule has 9 aromatic rings. The Labute approximate surface area is 369 Å². The number of aromatic nitrogens is 4. The zero-order chi connectivity index (χ0) is 42.2. The normalized spacial score (nSPS) is 13.1. The number of fused-ring (bicyclic) bond motifs is 3. The van der Waals surface area contributed by atoms with Gasteiger partial charge in [0, 0.05) is 11.8 Å². The molecular weight excluding hydrogens is 928 g/mol. The fourth-order valence-electron chi connectivity index (χ4n) is 9.23. The first-order chi connectivity index (χ1) is 29.4. The summed E-state index contributed by atoms with van der Waals surface area (Å²) in [7, 11) is 0. The van der Waals surface area contributed by atoms with Crippen LogP contribution in [0, 0.1) is 29.8 Å².